The van der Waals surface area contributed by atoms with Gasteiger partial charge in [0.05, 0.1) is 0 Å². The molecular weight excluding hydrogens is 447 g/mol. The molecule has 2 aliphatic rings. The number of hydrogen-bond donors (Lipinski definition) is 1. The molecule has 2 heterocycles. The topological polar surface area (TPSA) is 93.7 Å². The molecule has 14 heteroatoms. The first kappa shape index (κ1) is 22.4. The fourth-order valence-electron chi connectivity index (χ4n) is 4.18. The lowest BCUT2D eigenvalue weighted by Gasteiger charge is -2.34. The number of nitrogens with zero attached hydrogens (tertiary/aromatic N) is 6. The van der Waals surface area contributed by atoms with E-state index in [1.165, 1.54) is 4.90 Å². The second-order valence-corrected chi connectivity index (χ2v) is 7.99. The molecule has 0 spiro atoms. The zero-order chi connectivity index (χ0) is 23.3. The lowest BCUT2D eigenvalue weighted by Crippen LogP contribution is -2.43. The first-order chi connectivity index (χ1) is 14.8. The van der Waals surface area contributed by atoms with Gasteiger partial charge in [-0.05, 0) is 18.9 Å². The average Bonchev–Trinajstić information content (AvgIpc) is 3.22. The molecule has 174 valence electrons. The van der Waals surface area contributed by atoms with Crippen LogP contribution in [0.1, 0.15) is 44.3 Å². The zero-order valence-corrected chi connectivity index (χ0v) is 16.5. The monoisotopic (exact) mass is 465 g/mol. The molecule has 2 fully saturated rings. The van der Waals surface area contributed by atoms with Crippen LogP contribution < -0.4 is 10.6 Å². The Labute approximate surface area is 177 Å². The van der Waals surface area contributed by atoms with Crippen molar-refractivity contribution < 1.29 is 30.7 Å². The second-order valence-electron chi connectivity index (χ2n) is 7.99. The number of alkyl halides is 7. The first-order valence-corrected chi connectivity index (χ1v) is 9.79. The number of hydrogen-bond acceptors (Lipinski definition) is 7. The molecular formula is C18H18F7N7. The summed E-state index contributed by atoms with van der Waals surface area (Å²) < 4.78 is 94.6. The Morgan fingerprint density at radius 1 is 0.906 bits per heavy atom. The second kappa shape index (κ2) is 7.66. The molecule has 2 aromatic rings. The van der Waals surface area contributed by atoms with Crippen LogP contribution in [0.5, 0.6) is 0 Å². The van der Waals surface area contributed by atoms with Crippen molar-refractivity contribution in [3.63, 3.8) is 0 Å². The van der Waals surface area contributed by atoms with Crippen LogP contribution in [0.25, 0.3) is 11.5 Å². The number of rotatable bonds is 4. The van der Waals surface area contributed by atoms with Crippen molar-refractivity contribution in [3.05, 3.63) is 18.1 Å². The van der Waals surface area contributed by atoms with E-state index in [-0.39, 0.29) is 30.3 Å². The Balaban J connectivity index is 1.75. The minimum atomic E-state index is -4.83. The van der Waals surface area contributed by atoms with E-state index in [1.54, 1.807) is 0 Å². The number of nitrogen functional groups attached to an aromatic ring is 1. The number of nitrogens with two attached hydrogens (primary N) is 1. The van der Waals surface area contributed by atoms with E-state index in [4.69, 9.17) is 5.73 Å². The molecule has 2 atom stereocenters. The van der Waals surface area contributed by atoms with Crippen molar-refractivity contribution in [1.29, 1.82) is 0 Å². The maximum Gasteiger partial charge on any atom is 0.451 e. The highest BCUT2D eigenvalue weighted by Gasteiger charge is 2.49. The third-order valence-electron chi connectivity index (χ3n) is 5.55. The Morgan fingerprint density at radius 3 is 2.00 bits per heavy atom. The van der Waals surface area contributed by atoms with Gasteiger partial charge in [-0.25, -0.2) is 27.5 Å². The predicted molar refractivity (Wildman–Crippen MR) is 97.9 cm³/mol. The zero-order valence-electron chi connectivity index (χ0n) is 16.5. The van der Waals surface area contributed by atoms with Crippen molar-refractivity contribution in [2.75, 3.05) is 10.6 Å². The third-order valence-corrected chi connectivity index (χ3v) is 5.55. The molecule has 2 saturated carbocycles. The predicted octanol–water partition coefficient (Wildman–Crippen LogP) is 4.11. The summed E-state index contributed by atoms with van der Waals surface area (Å²) in [6.45, 7) is 0. The number of anilines is 2. The molecule has 0 aromatic carbocycles. The van der Waals surface area contributed by atoms with Gasteiger partial charge < -0.3 is 10.6 Å². The van der Waals surface area contributed by atoms with Crippen LogP contribution in [0.4, 0.5) is 42.6 Å². The van der Waals surface area contributed by atoms with Crippen LogP contribution in [0.3, 0.4) is 0 Å². The van der Waals surface area contributed by atoms with E-state index >= 15 is 0 Å². The van der Waals surface area contributed by atoms with E-state index in [0.29, 0.717) is 0 Å². The summed E-state index contributed by atoms with van der Waals surface area (Å²) in [5.74, 6) is -8.38. The summed E-state index contributed by atoms with van der Waals surface area (Å²) in [5.41, 5.74) is 5.39. The molecule has 32 heavy (non-hydrogen) atoms. The lowest BCUT2D eigenvalue weighted by atomic mass is 10.1. The molecule has 0 aliphatic heterocycles. The molecule has 0 saturated heterocycles. The van der Waals surface area contributed by atoms with E-state index in [2.05, 4.69) is 24.9 Å². The molecule has 2 N–H and O–H groups in total. The van der Waals surface area contributed by atoms with Crippen molar-refractivity contribution in [2.24, 2.45) is 0 Å². The van der Waals surface area contributed by atoms with Crippen molar-refractivity contribution in [1.82, 2.24) is 24.9 Å². The third kappa shape index (κ3) is 4.67. The first-order valence-electron chi connectivity index (χ1n) is 9.79. The van der Waals surface area contributed by atoms with E-state index in [0.717, 1.165) is 12.3 Å². The minimum absolute atomic E-state index is 0.0156. The Hall–Kier alpha value is -2.80. The van der Waals surface area contributed by atoms with Gasteiger partial charge in [-0.3, -0.25) is 0 Å². The molecule has 0 bridgehead atoms. The Morgan fingerprint density at radius 2 is 1.50 bits per heavy atom. The van der Waals surface area contributed by atoms with Crippen LogP contribution in [-0.4, -0.2) is 48.8 Å². The molecule has 0 amide bonds. The normalized spacial score (nSPS) is 24.6. The van der Waals surface area contributed by atoms with Gasteiger partial charge in [-0.2, -0.15) is 28.1 Å². The van der Waals surface area contributed by atoms with Crippen molar-refractivity contribution >= 4 is 11.9 Å². The minimum Gasteiger partial charge on any atom is -0.368 e. The van der Waals surface area contributed by atoms with Gasteiger partial charge >= 0.3 is 6.18 Å². The highest BCUT2D eigenvalue weighted by molar-refractivity contribution is 5.53. The standard InChI is InChI=1S/C18H18F7N7/c19-16(20)4-1-9(7-16)32(10-2-5-17(21,22)8-10)15-30-12(29-14(26)31-15)11-3-6-27-13(28-11)18(23,24)25/h3,6,9-10H,1-2,4-5,7-8H2,(H2,26,29,30,31). The van der Waals surface area contributed by atoms with Crippen LogP contribution in [0.2, 0.25) is 0 Å². The van der Waals surface area contributed by atoms with Crippen LogP contribution in [-0.2, 0) is 6.18 Å². The summed E-state index contributed by atoms with van der Waals surface area (Å²) in [6.07, 6.45) is -5.95. The number of halogens is 7. The van der Waals surface area contributed by atoms with Gasteiger partial charge in [-0.1, -0.05) is 0 Å². The van der Waals surface area contributed by atoms with Gasteiger partial charge in [0.15, 0.2) is 5.82 Å². The van der Waals surface area contributed by atoms with Gasteiger partial charge in [0.1, 0.15) is 5.69 Å². The van der Waals surface area contributed by atoms with E-state index in [1.807, 2.05) is 0 Å². The quantitative estimate of drug-likeness (QED) is 0.680. The fourth-order valence-corrected chi connectivity index (χ4v) is 4.18. The van der Waals surface area contributed by atoms with Crippen molar-refractivity contribution in [3.8, 4) is 11.5 Å². The smallest absolute Gasteiger partial charge is 0.368 e. The molecule has 2 aliphatic carbocycles. The lowest BCUT2D eigenvalue weighted by molar-refractivity contribution is -0.144. The molecule has 2 unspecified atom stereocenters. The maximum atomic E-state index is 13.9. The summed E-state index contributed by atoms with van der Waals surface area (Å²) in [4.78, 5) is 19.7. The Bertz CT molecular complexity index is 972. The SMILES string of the molecule is Nc1nc(-c2ccnc(C(F)(F)F)n2)nc(N(C2CCC(F)(F)C2)C2CCC(F)(F)C2)n1. The molecule has 7 nitrogen and oxygen atoms in total. The van der Waals surface area contributed by atoms with Crippen molar-refractivity contribution in [2.45, 2.75) is 68.6 Å². The molecule has 4 rings (SSSR count). The van der Waals surface area contributed by atoms with Crippen LogP contribution in [0.15, 0.2) is 12.3 Å². The van der Waals surface area contributed by atoms with Crippen LogP contribution >= 0.6 is 0 Å². The molecule has 2 aromatic heterocycles. The summed E-state index contributed by atoms with van der Waals surface area (Å²) in [7, 11) is 0. The van der Waals surface area contributed by atoms with E-state index in [9.17, 15) is 30.7 Å². The van der Waals surface area contributed by atoms with E-state index < -0.39 is 67.6 Å². The molecule has 0 radical (unpaired) electrons. The average molecular weight is 465 g/mol. The van der Waals surface area contributed by atoms with Gasteiger partial charge in [0.2, 0.25) is 29.6 Å². The summed E-state index contributed by atoms with van der Waals surface area (Å²) in [6, 6.07) is -0.560. The Kier molecular flexibility index (Phi) is 5.36. The largest absolute Gasteiger partial charge is 0.451 e. The van der Waals surface area contributed by atoms with Crippen LogP contribution in [0, 0.1) is 0 Å². The fraction of sp³-hybridized carbons (Fsp3) is 0.611. The highest BCUT2D eigenvalue weighted by atomic mass is 19.4. The number of aromatic nitrogens is 5. The summed E-state index contributed by atoms with van der Waals surface area (Å²) >= 11 is 0. The van der Waals surface area contributed by atoms with Gasteiger partial charge in [0.25, 0.3) is 0 Å². The van der Waals surface area contributed by atoms with Gasteiger partial charge in [-0.15, -0.1) is 0 Å². The highest BCUT2D eigenvalue weighted by Crippen LogP contribution is 2.44. The maximum absolute atomic E-state index is 13.9. The van der Waals surface area contributed by atoms with Gasteiger partial charge in [0, 0.05) is 44.0 Å². The summed E-state index contributed by atoms with van der Waals surface area (Å²) in [5, 5.41) is 0.